The highest BCUT2D eigenvalue weighted by Gasteiger charge is 2.38. The molecule has 0 bridgehead atoms. The zero-order valence-corrected chi connectivity index (χ0v) is 21.4. The van der Waals surface area contributed by atoms with Gasteiger partial charge in [0, 0.05) is 68.5 Å². The minimum absolute atomic E-state index is 0.253. The van der Waals surface area contributed by atoms with Crippen LogP contribution in [-0.4, -0.2) is 82.4 Å². The highest BCUT2D eigenvalue weighted by molar-refractivity contribution is 5.79. The van der Waals surface area contributed by atoms with Crippen LogP contribution in [0.15, 0.2) is 42.9 Å². The number of piperidine rings is 1. The van der Waals surface area contributed by atoms with Crippen LogP contribution in [-0.2, 0) is 10.4 Å². The fourth-order valence-corrected chi connectivity index (χ4v) is 5.30. The maximum atomic E-state index is 15.9. The fourth-order valence-electron chi connectivity index (χ4n) is 5.30. The van der Waals surface area contributed by atoms with Crippen molar-refractivity contribution in [1.29, 1.82) is 0 Å². The van der Waals surface area contributed by atoms with Crippen LogP contribution >= 0.6 is 0 Å². The van der Waals surface area contributed by atoms with Crippen molar-refractivity contribution >= 4 is 17.3 Å². The number of ether oxygens (including phenoxy) is 1. The lowest BCUT2D eigenvalue weighted by atomic mass is 9.87. The Kier molecular flexibility index (Phi) is 6.83. The molecule has 2 aliphatic heterocycles. The van der Waals surface area contributed by atoms with Crippen LogP contribution in [0.2, 0.25) is 0 Å². The molecule has 0 aliphatic carbocycles. The fraction of sp³-hybridized carbons (Fsp3) is 0.519. The van der Waals surface area contributed by atoms with Crippen LogP contribution in [0.5, 0.6) is 0 Å². The number of amides is 1. The van der Waals surface area contributed by atoms with E-state index < -0.39 is 5.67 Å². The number of hydrogen-bond acceptors (Lipinski definition) is 6. The van der Waals surface area contributed by atoms with Crippen LogP contribution in [0.3, 0.4) is 0 Å². The summed E-state index contributed by atoms with van der Waals surface area (Å²) in [6.07, 6.45) is 6.58. The summed E-state index contributed by atoms with van der Waals surface area (Å²) in [4.78, 5) is 22.9. The van der Waals surface area contributed by atoms with Gasteiger partial charge in [0.15, 0.2) is 0 Å². The van der Waals surface area contributed by atoms with Crippen LogP contribution in [0, 0.1) is 0 Å². The largest absolute Gasteiger partial charge is 0.450 e. The zero-order chi connectivity index (χ0) is 25.3. The van der Waals surface area contributed by atoms with E-state index in [4.69, 9.17) is 4.74 Å². The average Bonchev–Trinajstić information content (AvgIpc) is 3.34. The molecular formula is C27H35FN6O2. The third-order valence-electron chi connectivity index (χ3n) is 7.41. The predicted octanol–water partition coefficient (Wildman–Crippen LogP) is 4.34. The Hall–Kier alpha value is -3.20. The summed E-state index contributed by atoms with van der Waals surface area (Å²) in [7, 11) is 0. The van der Waals surface area contributed by atoms with E-state index >= 15 is 4.39 Å². The van der Waals surface area contributed by atoms with Crippen molar-refractivity contribution in [3.8, 4) is 11.3 Å². The van der Waals surface area contributed by atoms with Gasteiger partial charge in [-0.3, -0.25) is 9.88 Å². The highest BCUT2D eigenvalue weighted by atomic mass is 19.1. The van der Waals surface area contributed by atoms with Gasteiger partial charge in [0.2, 0.25) is 0 Å². The second kappa shape index (κ2) is 10.0. The number of fused-ring (bicyclic) bond motifs is 1. The first kappa shape index (κ1) is 24.5. The van der Waals surface area contributed by atoms with Gasteiger partial charge >= 0.3 is 6.09 Å². The number of likely N-dealkylation sites (tertiary alicyclic amines) is 1. The summed E-state index contributed by atoms with van der Waals surface area (Å²) in [6.45, 7) is 10.5. The molecule has 2 aliphatic rings. The Morgan fingerprint density at radius 3 is 2.67 bits per heavy atom. The molecule has 3 aromatic heterocycles. The minimum Gasteiger partial charge on any atom is -0.450 e. The Morgan fingerprint density at radius 2 is 1.97 bits per heavy atom. The van der Waals surface area contributed by atoms with Crippen LogP contribution in [0.25, 0.3) is 16.8 Å². The van der Waals surface area contributed by atoms with Gasteiger partial charge in [-0.1, -0.05) is 6.07 Å². The molecule has 2 saturated heterocycles. The van der Waals surface area contributed by atoms with E-state index in [-0.39, 0.29) is 6.09 Å². The molecule has 0 unspecified atom stereocenters. The molecule has 2 fully saturated rings. The molecule has 0 N–H and O–H groups in total. The van der Waals surface area contributed by atoms with Crippen molar-refractivity contribution in [1.82, 2.24) is 24.4 Å². The molecule has 1 atom stereocenters. The SMILES string of the molecule is CCOC(=O)N1CCN(c2ccnn3cc(-c4ccc([C@]5(F)CCCN(C(C)C)C5)cn4)cc23)CC1. The molecule has 8 nitrogen and oxygen atoms in total. The normalized spacial score (nSPS) is 21.4. The molecular weight excluding hydrogens is 459 g/mol. The Morgan fingerprint density at radius 1 is 1.17 bits per heavy atom. The van der Waals surface area contributed by atoms with Crippen LogP contribution in [0.4, 0.5) is 14.9 Å². The molecule has 1 amide bonds. The summed E-state index contributed by atoms with van der Waals surface area (Å²) in [5.74, 6) is 0. The number of anilines is 1. The molecule has 36 heavy (non-hydrogen) atoms. The van der Waals surface area contributed by atoms with Gasteiger partial charge in [-0.05, 0) is 58.4 Å². The van der Waals surface area contributed by atoms with Crippen LogP contribution in [0.1, 0.15) is 39.2 Å². The molecule has 5 rings (SSSR count). The van der Waals surface area contributed by atoms with E-state index in [0.29, 0.717) is 44.3 Å². The number of pyridine rings is 1. The molecule has 0 radical (unpaired) electrons. The maximum absolute atomic E-state index is 15.9. The van der Waals surface area contributed by atoms with E-state index in [2.05, 4.69) is 39.8 Å². The number of alkyl halides is 1. The lowest BCUT2D eigenvalue weighted by Crippen LogP contribution is -2.49. The standard InChI is InChI=1S/C27H35FN6O2/c1-4-36-26(35)32-14-12-31(13-15-32)24-8-10-30-34-18-21(16-25(24)34)23-7-6-22(17-29-23)27(28)9-5-11-33(19-27)20(2)3/h6-8,10,16-18,20H,4-5,9,11-15,19H2,1-3H3/t27-/m0/s1. The molecule has 192 valence electrons. The lowest BCUT2D eigenvalue weighted by molar-refractivity contribution is 0.0267. The number of nitrogens with zero attached hydrogens (tertiary/aromatic N) is 6. The third kappa shape index (κ3) is 4.76. The Labute approximate surface area is 211 Å². The predicted molar refractivity (Wildman–Crippen MR) is 138 cm³/mol. The zero-order valence-electron chi connectivity index (χ0n) is 21.4. The number of piperazine rings is 1. The van der Waals surface area contributed by atoms with E-state index in [1.165, 1.54) is 0 Å². The van der Waals surface area contributed by atoms with Crippen molar-refractivity contribution in [2.75, 3.05) is 50.8 Å². The summed E-state index contributed by atoms with van der Waals surface area (Å²) in [5.41, 5.74) is 3.06. The minimum atomic E-state index is -1.36. The number of carbonyl (C=O) groups is 1. The van der Waals surface area contributed by atoms with Crippen molar-refractivity contribution in [3.63, 3.8) is 0 Å². The molecule has 5 heterocycles. The van der Waals surface area contributed by atoms with Gasteiger partial charge in [0.05, 0.1) is 23.5 Å². The highest BCUT2D eigenvalue weighted by Crippen LogP contribution is 2.37. The number of carbonyl (C=O) groups excluding carboxylic acids is 1. The number of hydrogen-bond donors (Lipinski definition) is 0. The first-order chi connectivity index (χ1) is 17.4. The van der Waals surface area contributed by atoms with Crippen molar-refractivity contribution in [3.05, 3.63) is 48.4 Å². The molecule has 0 aromatic carbocycles. The summed E-state index contributed by atoms with van der Waals surface area (Å²) >= 11 is 0. The van der Waals surface area contributed by atoms with Gasteiger partial charge in [-0.25, -0.2) is 13.7 Å². The van der Waals surface area contributed by atoms with Gasteiger partial charge in [0.25, 0.3) is 0 Å². The number of aromatic nitrogens is 3. The molecule has 3 aromatic rings. The topological polar surface area (TPSA) is 66.2 Å². The summed E-state index contributed by atoms with van der Waals surface area (Å²) in [5, 5.41) is 4.49. The molecule has 0 saturated carbocycles. The Bertz CT molecular complexity index is 1200. The summed E-state index contributed by atoms with van der Waals surface area (Å²) in [6, 6.07) is 8.21. The van der Waals surface area contributed by atoms with E-state index in [1.54, 1.807) is 17.3 Å². The van der Waals surface area contributed by atoms with E-state index in [9.17, 15) is 4.79 Å². The first-order valence-corrected chi connectivity index (χ1v) is 12.9. The van der Waals surface area contributed by atoms with Crippen LogP contribution < -0.4 is 4.90 Å². The number of halogens is 1. The molecule has 9 heteroatoms. The smallest absolute Gasteiger partial charge is 0.409 e. The van der Waals surface area contributed by atoms with Gasteiger partial charge < -0.3 is 14.5 Å². The van der Waals surface area contributed by atoms with Gasteiger partial charge in [-0.2, -0.15) is 5.10 Å². The van der Waals surface area contributed by atoms with Crippen molar-refractivity contribution < 1.29 is 13.9 Å². The first-order valence-electron chi connectivity index (χ1n) is 12.9. The lowest BCUT2D eigenvalue weighted by Gasteiger charge is -2.39. The average molecular weight is 495 g/mol. The molecule has 0 spiro atoms. The quantitative estimate of drug-likeness (QED) is 0.526. The second-order valence-corrected chi connectivity index (χ2v) is 10.0. The van der Waals surface area contributed by atoms with E-state index in [0.717, 1.165) is 48.5 Å². The van der Waals surface area contributed by atoms with Crippen molar-refractivity contribution in [2.45, 2.75) is 45.3 Å². The Balaban J connectivity index is 1.34. The third-order valence-corrected chi connectivity index (χ3v) is 7.41. The van der Waals surface area contributed by atoms with Crippen molar-refractivity contribution in [2.24, 2.45) is 0 Å². The van der Waals surface area contributed by atoms with Gasteiger partial charge in [0.1, 0.15) is 5.67 Å². The number of rotatable bonds is 5. The summed E-state index contributed by atoms with van der Waals surface area (Å²) < 4.78 is 22.9. The second-order valence-electron chi connectivity index (χ2n) is 10.0. The monoisotopic (exact) mass is 494 g/mol. The maximum Gasteiger partial charge on any atom is 0.409 e. The van der Waals surface area contributed by atoms with Gasteiger partial charge in [-0.15, -0.1) is 0 Å². The van der Waals surface area contributed by atoms with E-state index in [1.807, 2.05) is 35.8 Å².